The zero-order chi connectivity index (χ0) is 15.2. The van der Waals surface area contributed by atoms with Crippen molar-refractivity contribution in [2.45, 2.75) is 6.42 Å². The highest BCUT2D eigenvalue weighted by atomic mass is 35.5. The van der Waals surface area contributed by atoms with Crippen LogP contribution in [0, 0.1) is 11.6 Å². The van der Waals surface area contributed by atoms with Gasteiger partial charge in [0, 0.05) is 13.0 Å². The van der Waals surface area contributed by atoms with Crippen molar-refractivity contribution in [3.8, 4) is 0 Å². The molecule has 110 valence electrons. The van der Waals surface area contributed by atoms with Gasteiger partial charge in [-0.1, -0.05) is 29.8 Å². The topological polar surface area (TPSA) is 41.1 Å². The summed E-state index contributed by atoms with van der Waals surface area (Å²) in [5.74, 6) is -2.09. The highest BCUT2D eigenvalue weighted by molar-refractivity contribution is 6.33. The summed E-state index contributed by atoms with van der Waals surface area (Å²) in [7, 11) is 0. The minimum atomic E-state index is -0.803. The molecule has 21 heavy (non-hydrogen) atoms. The van der Waals surface area contributed by atoms with Gasteiger partial charge >= 0.3 is 0 Å². The fourth-order valence-corrected chi connectivity index (χ4v) is 1.94. The first-order chi connectivity index (χ1) is 10.1. The molecule has 0 saturated heterocycles. The lowest BCUT2D eigenvalue weighted by Crippen LogP contribution is -2.17. The number of anilines is 2. The number of benzene rings is 2. The molecule has 0 spiro atoms. The average Bonchev–Trinajstić information content (AvgIpc) is 2.45. The van der Waals surface area contributed by atoms with E-state index in [9.17, 15) is 13.6 Å². The molecule has 2 aromatic carbocycles. The number of halogens is 3. The second-order valence-corrected chi connectivity index (χ2v) is 4.71. The molecular formula is C15H13ClF2N2O. The summed E-state index contributed by atoms with van der Waals surface area (Å²) in [5.41, 5.74) is 0.268. The zero-order valence-corrected chi connectivity index (χ0v) is 11.8. The van der Waals surface area contributed by atoms with Gasteiger partial charge in [0.1, 0.15) is 17.3 Å². The standard InChI is InChI=1S/C15H13ClF2N2O/c16-10-4-1-2-7-13(10)19-9-8-14(21)20-15-11(17)5-3-6-12(15)18/h1-7,19H,8-9H2,(H,20,21). The van der Waals surface area contributed by atoms with Gasteiger partial charge in [-0.3, -0.25) is 4.79 Å². The third-order valence-electron chi connectivity index (χ3n) is 2.77. The van der Waals surface area contributed by atoms with Crippen LogP contribution in [0.5, 0.6) is 0 Å². The van der Waals surface area contributed by atoms with Crippen LogP contribution in [0.2, 0.25) is 5.02 Å². The van der Waals surface area contributed by atoms with E-state index in [0.29, 0.717) is 17.3 Å². The predicted octanol–water partition coefficient (Wildman–Crippen LogP) is 4.06. The molecule has 0 aliphatic heterocycles. The first-order valence-corrected chi connectivity index (χ1v) is 6.68. The van der Waals surface area contributed by atoms with Gasteiger partial charge in [-0.15, -0.1) is 0 Å². The lowest BCUT2D eigenvalue weighted by Gasteiger charge is -2.09. The van der Waals surface area contributed by atoms with Crippen molar-refractivity contribution in [1.29, 1.82) is 0 Å². The summed E-state index contributed by atoms with van der Waals surface area (Å²) in [4.78, 5) is 11.7. The Morgan fingerprint density at radius 1 is 1.05 bits per heavy atom. The van der Waals surface area contributed by atoms with Crippen LogP contribution in [0.25, 0.3) is 0 Å². The van der Waals surface area contributed by atoms with Gasteiger partial charge in [0.2, 0.25) is 5.91 Å². The highest BCUT2D eigenvalue weighted by Crippen LogP contribution is 2.20. The van der Waals surface area contributed by atoms with E-state index in [1.807, 2.05) is 6.07 Å². The van der Waals surface area contributed by atoms with Gasteiger partial charge in [0.25, 0.3) is 0 Å². The van der Waals surface area contributed by atoms with E-state index in [0.717, 1.165) is 12.1 Å². The molecule has 0 unspecified atom stereocenters. The Morgan fingerprint density at radius 2 is 1.71 bits per heavy atom. The number of amides is 1. The molecule has 2 rings (SSSR count). The summed E-state index contributed by atoms with van der Waals surface area (Å²) in [6, 6.07) is 10.5. The molecule has 1 amide bonds. The number of rotatable bonds is 5. The van der Waals surface area contributed by atoms with Gasteiger partial charge in [-0.25, -0.2) is 8.78 Å². The van der Waals surface area contributed by atoms with Gasteiger partial charge in [0.15, 0.2) is 0 Å². The summed E-state index contributed by atoms with van der Waals surface area (Å²) in [6.45, 7) is 0.297. The molecule has 0 aliphatic carbocycles. The van der Waals surface area contributed by atoms with Crippen LogP contribution in [0.1, 0.15) is 6.42 Å². The van der Waals surface area contributed by atoms with Crippen LogP contribution >= 0.6 is 11.6 Å². The second kappa shape index (κ2) is 7.04. The van der Waals surface area contributed by atoms with Crippen molar-refractivity contribution >= 4 is 28.9 Å². The smallest absolute Gasteiger partial charge is 0.226 e. The monoisotopic (exact) mass is 310 g/mol. The Morgan fingerprint density at radius 3 is 2.38 bits per heavy atom. The first-order valence-electron chi connectivity index (χ1n) is 6.30. The molecule has 0 aliphatic rings. The van der Waals surface area contributed by atoms with Crippen LogP contribution in [-0.4, -0.2) is 12.5 Å². The Labute approximate surface area is 125 Å². The van der Waals surface area contributed by atoms with Crippen LogP contribution < -0.4 is 10.6 Å². The Balaban J connectivity index is 1.87. The second-order valence-electron chi connectivity index (χ2n) is 4.30. The van der Waals surface area contributed by atoms with E-state index in [4.69, 9.17) is 11.6 Å². The quantitative estimate of drug-likeness (QED) is 0.874. The zero-order valence-electron chi connectivity index (χ0n) is 11.0. The summed E-state index contributed by atoms with van der Waals surface area (Å²) < 4.78 is 26.7. The van der Waals surface area contributed by atoms with Crippen molar-refractivity contribution in [1.82, 2.24) is 0 Å². The van der Waals surface area contributed by atoms with Crippen LogP contribution in [0.4, 0.5) is 20.2 Å². The number of carbonyl (C=O) groups excluding carboxylic acids is 1. The van der Waals surface area contributed by atoms with Gasteiger partial charge in [-0.05, 0) is 24.3 Å². The number of hydrogen-bond acceptors (Lipinski definition) is 2. The van der Waals surface area contributed by atoms with Gasteiger partial charge in [-0.2, -0.15) is 0 Å². The SMILES string of the molecule is O=C(CCNc1ccccc1Cl)Nc1c(F)cccc1F. The third kappa shape index (κ3) is 4.16. The molecule has 0 radical (unpaired) electrons. The predicted molar refractivity (Wildman–Crippen MR) is 79.5 cm³/mol. The van der Waals surface area contributed by atoms with Gasteiger partial charge in [0.05, 0.1) is 10.7 Å². The summed E-state index contributed by atoms with van der Waals surface area (Å²) >= 11 is 5.95. The summed E-state index contributed by atoms with van der Waals surface area (Å²) in [6.07, 6.45) is 0.0546. The van der Waals surface area contributed by atoms with E-state index in [1.54, 1.807) is 18.2 Å². The molecule has 6 heteroatoms. The van der Waals surface area contributed by atoms with E-state index in [-0.39, 0.29) is 6.42 Å². The van der Waals surface area contributed by atoms with Crippen molar-refractivity contribution in [3.05, 3.63) is 59.1 Å². The highest BCUT2D eigenvalue weighted by Gasteiger charge is 2.11. The molecule has 0 heterocycles. The third-order valence-corrected chi connectivity index (χ3v) is 3.10. The number of para-hydroxylation sites is 2. The van der Waals surface area contributed by atoms with E-state index in [2.05, 4.69) is 10.6 Å². The Kier molecular flexibility index (Phi) is 5.11. The van der Waals surface area contributed by atoms with E-state index >= 15 is 0 Å². The molecule has 0 saturated carbocycles. The molecule has 0 atom stereocenters. The van der Waals surface area contributed by atoms with Gasteiger partial charge < -0.3 is 10.6 Å². The van der Waals surface area contributed by atoms with Crippen LogP contribution in [-0.2, 0) is 4.79 Å². The minimum Gasteiger partial charge on any atom is -0.383 e. The van der Waals surface area contributed by atoms with Crippen LogP contribution in [0.15, 0.2) is 42.5 Å². The van der Waals surface area contributed by atoms with Crippen molar-refractivity contribution in [2.75, 3.05) is 17.2 Å². The molecule has 0 bridgehead atoms. The van der Waals surface area contributed by atoms with E-state index in [1.165, 1.54) is 6.07 Å². The minimum absolute atomic E-state index is 0.0546. The summed E-state index contributed by atoms with van der Waals surface area (Å²) in [5, 5.41) is 5.74. The van der Waals surface area contributed by atoms with E-state index < -0.39 is 23.2 Å². The molecule has 2 aromatic rings. The maximum Gasteiger partial charge on any atom is 0.226 e. The molecule has 2 N–H and O–H groups in total. The maximum absolute atomic E-state index is 13.4. The molecule has 0 aromatic heterocycles. The fraction of sp³-hybridized carbons (Fsp3) is 0.133. The average molecular weight is 311 g/mol. The Bertz CT molecular complexity index is 629. The lowest BCUT2D eigenvalue weighted by molar-refractivity contribution is -0.116. The number of carbonyl (C=O) groups is 1. The number of hydrogen-bond donors (Lipinski definition) is 2. The number of nitrogens with one attached hydrogen (secondary N) is 2. The van der Waals surface area contributed by atoms with Crippen molar-refractivity contribution in [3.63, 3.8) is 0 Å². The lowest BCUT2D eigenvalue weighted by atomic mass is 10.2. The largest absolute Gasteiger partial charge is 0.383 e. The van der Waals surface area contributed by atoms with Crippen molar-refractivity contribution < 1.29 is 13.6 Å². The van der Waals surface area contributed by atoms with Crippen molar-refractivity contribution in [2.24, 2.45) is 0 Å². The van der Waals surface area contributed by atoms with Crippen LogP contribution in [0.3, 0.4) is 0 Å². The maximum atomic E-state index is 13.4. The Hall–Kier alpha value is -2.14. The molecule has 0 fully saturated rings. The molecular weight excluding hydrogens is 298 g/mol. The molecule has 3 nitrogen and oxygen atoms in total. The normalized spacial score (nSPS) is 10.2. The fourth-order valence-electron chi connectivity index (χ4n) is 1.73. The first kappa shape index (κ1) is 15.3.